The highest BCUT2D eigenvalue weighted by Gasteiger charge is 2.46. The molecule has 0 radical (unpaired) electrons. The summed E-state index contributed by atoms with van der Waals surface area (Å²) in [5.74, 6) is -0.305. The number of anilines is 1. The van der Waals surface area contributed by atoms with Crippen LogP contribution in [0.25, 0.3) is 28.0 Å². The number of benzene rings is 1. The molecule has 7 rings (SSSR count). The number of H-pyrrole nitrogens is 2. The lowest BCUT2D eigenvalue weighted by molar-refractivity contribution is 0.0556. The van der Waals surface area contributed by atoms with Gasteiger partial charge in [-0.15, -0.1) is 5.10 Å². The van der Waals surface area contributed by atoms with Crippen molar-refractivity contribution in [3.05, 3.63) is 82.4 Å². The molecule has 1 amide bonds. The number of nitrogen functional groups attached to an aromatic ring is 1. The van der Waals surface area contributed by atoms with Crippen molar-refractivity contribution < 1.29 is 9.59 Å². The van der Waals surface area contributed by atoms with Gasteiger partial charge in [0.1, 0.15) is 5.82 Å². The van der Waals surface area contributed by atoms with Crippen molar-refractivity contribution in [2.75, 3.05) is 5.73 Å². The maximum atomic E-state index is 13.2. The summed E-state index contributed by atoms with van der Waals surface area (Å²) in [4.78, 5) is 51.5. The summed E-state index contributed by atoms with van der Waals surface area (Å²) < 4.78 is 1.52. The monoisotopic (exact) mass is 549 g/mol. The average molecular weight is 550 g/mol. The highest BCUT2D eigenvalue weighted by atomic mass is 16.2. The molecular weight excluding hydrogens is 522 g/mol. The number of aromatic amines is 2. The van der Waals surface area contributed by atoms with Crippen molar-refractivity contribution in [3.8, 4) is 22.4 Å². The summed E-state index contributed by atoms with van der Waals surface area (Å²) in [6, 6.07) is 13.7. The third-order valence-electron chi connectivity index (χ3n) is 8.26. The van der Waals surface area contributed by atoms with E-state index in [1.54, 1.807) is 12.4 Å². The van der Waals surface area contributed by atoms with E-state index in [1.807, 2.05) is 47.4 Å². The van der Waals surface area contributed by atoms with Gasteiger partial charge in [0.05, 0.1) is 23.1 Å². The third-order valence-corrected chi connectivity index (χ3v) is 8.26. The second-order valence-electron chi connectivity index (χ2n) is 10.7. The zero-order valence-electron chi connectivity index (χ0n) is 22.2. The van der Waals surface area contributed by atoms with Crippen molar-refractivity contribution in [1.29, 1.82) is 0 Å². The Balaban J connectivity index is 1.25. The van der Waals surface area contributed by atoms with Crippen molar-refractivity contribution in [3.63, 3.8) is 0 Å². The molecule has 2 fully saturated rings. The number of aromatic nitrogens is 7. The van der Waals surface area contributed by atoms with Crippen LogP contribution in [0.5, 0.6) is 0 Å². The number of Topliss-reactive ketones (excluding diaryl/α,β-unsaturated/α-hetero) is 1. The Kier molecular flexibility index (Phi) is 5.77. The van der Waals surface area contributed by atoms with Crippen LogP contribution in [-0.4, -0.2) is 63.4 Å². The van der Waals surface area contributed by atoms with E-state index < -0.39 is 5.69 Å². The zero-order valence-corrected chi connectivity index (χ0v) is 22.2. The number of ketones is 1. The molecule has 12 heteroatoms. The highest BCUT2D eigenvalue weighted by Crippen LogP contribution is 2.45. The maximum absolute atomic E-state index is 13.2. The summed E-state index contributed by atoms with van der Waals surface area (Å²) in [5.41, 5.74) is 11.1. The number of piperidine rings is 1. The molecule has 3 atom stereocenters. The molecule has 0 saturated carbocycles. The van der Waals surface area contributed by atoms with Gasteiger partial charge in [-0.2, -0.15) is 9.61 Å². The van der Waals surface area contributed by atoms with Crippen LogP contribution in [0.4, 0.5) is 5.82 Å². The van der Waals surface area contributed by atoms with Crippen molar-refractivity contribution in [2.24, 2.45) is 0 Å². The fourth-order valence-corrected chi connectivity index (χ4v) is 6.45. The lowest BCUT2D eigenvalue weighted by Crippen LogP contribution is -2.46. The minimum Gasteiger partial charge on any atom is -0.383 e. The Morgan fingerprint density at radius 2 is 1.76 bits per heavy atom. The van der Waals surface area contributed by atoms with Crippen LogP contribution in [-0.2, 0) is 0 Å². The largest absolute Gasteiger partial charge is 0.383 e. The number of nitrogens with two attached hydrogens (primary N) is 1. The molecule has 5 aromatic rings. The Labute approximate surface area is 233 Å². The zero-order chi connectivity index (χ0) is 28.2. The normalized spacial score (nSPS) is 20.0. The van der Waals surface area contributed by atoms with Crippen molar-refractivity contribution in [2.45, 2.75) is 50.6 Å². The highest BCUT2D eigenvalue weighted by molar-refractivity contribution is 6.00. The van der Waals surface area contributed by atoms with E-state index in [1.165, 1.54) is 11.4 Å². The van der Waals surface area contributed by atoms with E-state index in [4.69, 9.17) is 10.7 Å². The fraction of sp³-hybridized carbons (Fsp3) is 0.276. The molecule has 12 nitrogen and oxygen atoms in total. The van der Waals surface area contributed by atoms with Gasteiger partial charge in [-0.3, -0.25) is 19.6 Å². The molecule has 0 aliphatic carbocycles. The minimum absolute atomic E-state index is 0.00866. The van der Waals surface area contributed by atoms with E-state index in [2.05, 4.69) is 25.3 Å². The lowest BCUT2D eigenvalue weighted by atomic mass is 9.85. The molecule has 206 valence electrons. The van der Waals surface area contributed by atoms with Gasteiger partial charge in [0.25, 0.3) is 5.91 Å². The van der Waals surface area contributed by atoms with Gasteiger partial charge in [-0.05, 0) is 38.7 Å². The number of hydrogen-bond acceptors (Lipinski definition) is 8. The molecule has 1 unspecified atom stereocenters. The first-order valence-electron chi connectivity index (χ1n) is 13.6. The Morgan fingerprint density at radius 3 is 2.39 bits per heavy atom. The summed E-state index contributed by atoms with van der Waals surface area (Å²) >= 11 is 0. The molecule has 2 aliphatic heterocycles. The smallest absolute Gasteiger partial charge is 0.341 e. The molecule has 41 heavy (non-hydrogen) atoms. The average Bonchev–Trinajstić information content (AvgIpc) is 3.68. The van der Waals surface area contributed by atoms with Crippen LogP contribution in [0, 0.1) is 0 Å². The summed E-state index contributed by atoms with van der Waals surface area (Å²) in [7, 11) is 0. The van der Waals surface area contributed by atoms with Crippen LogP contribution in [0.2, 0.25) is 0 Å². The molecule has 0 spiro atoms. The molecule has 6 heterocycles. The number of fused-ring (bicyclic) bond motifs is 3. The first-order valence-corrected chi connectivity index (χ1v) is 13.6. The van der Waals surface area contributed by atoms with E-state index in [9.17, 15) is 14.4 Å². The Hall–Kier alpha value is -5.13. The Morgan fingerprint density at radius 1 is 1.00 bits per heavy atom. The van der Waals surface area contributed by atoms with E-state index in [-0.39, 0.29) is 41.3 Å². The first-order chi connectivity index (χ1) is 19.9. The quantitative estimate of drug-likeness (QED) is 0.281. The number of rotatable bonds is 5. The molecule has 4 aromatic heterocycles. The third kappa shape index (κ3) is 4.10. The van der Waals surface area contributed by atoms with Gasteiger partial charge in [-0.25, -0.2) is 14.9 Å². The van der Waals surface area contributed by atoms with Crippen molar-refractivity contribution in [1.82, 2.24) is 39.7 Å². The van der Waals surface area contributed by atoms with Gasteiger partial charge in [0.15, 0.2) is 11.4 Å². The van der Waals surface area contributed by atoms with Crippen LogP contribution < -0.4 is 11.4 Å². The van der Waals surface area contributed by atoms with Crippen molar-refractivity contribution >= 4 is 23.2 Å². The molecule has 2 aliphatic rings. The summed E-state index contributed by atoms with van der Waals surface area (Å²) in [6.45, 7) is 1.49. The van der Waals surface area contributed by atoms with Gasteiger partial charge >= 0.3 is 5.69 Å². The second kappa shape index (κ2) is 9.51. The summed E-state index contributed by atoms with van der Waals surface area (Å²) in [6.07, 6.45) is 6.38. The molecular formula is C29H27N9O3. The van der Waals surface area contributed by atoms with Gasteiger partial charge < -0.3 is 10.6 Å². The fourth-order valence-electron chi connectivity index (χ4n) is 6.45. The number of hydrogen-bond donors (Lipinski definition) is 3. The lowest BCUT2D eigenvalue weighted by Gasteiger charge is -2.38. The number of amides is 1. The van der Waals surface area contributed by atoms with Crippen LogP contribution >= 0.6 is 0 Å². The maximum Gasteiger partial charge on any atom is 0.341 e. The Bertz CT molecular complexity index is 1840. The second-order valence-corrected chi connectivity index (χ2v) is 10.7. The predicted molar refractivity (Wildman–Crippen MR) is 150 cm³/mol. The summed E-state index contributed by atoms with van der Waals surface area (Å²) in [5, 5.41) is 10.6. The predicted octanol–water partition coefficient (Wildman–Crippen LogP) is 3.21. The molecule has 4 N–H and O–H groups in total. The number of nitrogens with one attached hydrogen (secondary N) is 2. The number of nitrogens with zero attached hydrogens (tertiary/aromatic N) is 6. The standard InChI is InChI=1S/C29H27N9O3/c1-15(39)23-24(18-11-19-8-9-20(12-18)37(19)28(40)26-34-29(41)36-35-26)33-27-21(14-32-38(27)25(23)30)17-7-10-22(31-13-17)16-5-3-2-4-6-16/h2-7,10,13-14,18-20H,8-9,11-12,30H2,1H3,(H2,34,35,36,41)/t18?,19-,20+. The molecule has 2 bridgehead atoms. The first kappa shape index (κ1) is 24.9. The topological polar surface area (TPSA) is 168 Å². The van der Waals surface area contributed by atoms with Crippen LogP contribution in [0.1, 0.15) is 65.2 Å². The molecule has 2 saturated heterocycles. The van der Waals surface area contributed by atoms with Crippen LogP contribution in [0.3, 0.4) is 0 Å². The SMILES string of the molecule is CC(=O)c1c(C2C[C@H]3CC[C@@H](C2)N3C(=O)c2n[nH]c(=O)[nH]2)nc2c(-c3ccc(-c4ccccc4)nc3)cnn2c1N. The van der Waals surface area contributed by atoms with Gasteiger partial charge in [0, 0.05) is 40.9 Å². The van der Waals surface area contributed by atoms with E-state index >= 15 is 0 Å². The van der Waals surface area contributed by atoms with Gasteiger partial charge in [0.2, 0.25) is 5.82 Å². The number of pyridine rings is 1. The number of carbonyl (C=O) groups is 2. The van der Waals surface area contributed by atoms with Crippen LogP contribution in [0.15, 0.2) is 59.7 Å². The van der Waals surface area contributed by atoms with E-state index in [0.717, 1.165) is 35.2 Å². The number of carbonyl (C=O) groups excluding carboxylic acids is 2. The van der Waals surface area contributed by atoms with E-state index in [0.29, 0.717) is 29.7 Å². The molecule has 1 aromatic carbocycles. The van der Waals surface area contributed by atoms with Gasteiger partial charge in [-0.1, -0.05) is 36.4 Å². The minimum atomic E-state index is -0.517.